The summed E-state index contributed by atoms with van der Waals surface area (Å²) in [5.74, 6) is -0.329. The van der Waals surface area contributed by atoms with E-state index in [1.807, 2.05) is 13.8 Å². The second-order valence-corrected chi connectivity index (χ2v) is 3.29. The molecule has 0 saturated carbocycles. The van der Waals surface area contributed by atoms with Gasteiger partial charge in [0.25, 0.3) is 5.91 Å². The number of aromatic nitrogens is 1. The highest BCUT2D eigenvalue weighted by atomic mass is 16.5. The number of primary amides is 1. The summed E-state index contributed by atoms with van der Waals surface area (Å²) in [6.07, 6.45) is 0.838. The fraction of sp³-hybridized carbons (Fsp3) is 0.400. The molecule has 1 amide bonds. The Bertz CT molecular complexity index is 366. The van der Waals surface area contributed by atoms with Crippen molar-refractivity contribution in [1.29, 1.82) is 0 Å². The lowest BCUT2D eigenvalue weighted by atomic mass is 10.3. The van der Waals surface area contributed by atoms with E-state index < -0.39 is 5.91 Å². The second kappa shape index (κ2) is 4.63. The lowest BCUT2D eigenvalue weighted by molar-refractivity contribution is 0.0993. The van der Waals surface area contributed by atoms with Gasteiger partial charge in [-0.25, -0.2) is 4.98 Å². The van der Waals surface area contributed by atoms with Crippen LogP contribution in [0.25, 0.3) is 0 Å². The van der Waals surface area contributed by atoms with Gasteiger partial charge in [-0.1, -0.05) is 6.92 Å². The number of carbonyl (C=O) groups excluding carboxylic acids is 1. The average Bonchev–Trinajstić information content (AvgIpc) is 2.20. The highest BCUT2D eigenvalue weighted by Crippen LogP contribution is 2.20. The van der Waals surface area contributed by atoms with Gasteiger partial charge in [0, 0.05) is 0 Å². The van der Waals surface area contributed by atoms with Crippen LogP contribution in [0.1, 0.15) is 30.8 Å². The topological polar surface area (TPSA) is 91.2 Å². The minimum atomic E-state index is -0.594. The summed E-state index contributed by atoms with van der Waals surface area (Å²) in [6.45, 7) is 3.89. The summed E-state index contributed by atoms with van der Waals surface area (Å²) in [5.41, 5.74) is 11.3. The van der Waals surface area contributed by atoms with Gasteiger partial charge in [-0.15, -0.1) is 0 Å². The normalized spacial score (nSPS) is 12.1. The Balaban J connectivity index is 2.95. The molecule has 0 radical (unpaired) electrons. The molecule has 0 fully saturated rings. The van der Waals surface area contributed by atoms with E-state index in [2.05, 4.69) is 4.98 Å². The maximum atomic E-state index is 10.9. The average molecular weight is 209 g/mol. The molecular formula is C10H15N3O2. The van der Waals surface area contributed by atoms with E-state index in [1.165, 1.54) is 6.07 Å². The molecule has 0 aromatic carbocycles. The van der Waals surface area contributed by atoms with Gasteiger partial charge in [-0.3, -0.25) is 4.79 Å². The van der Waals surface area contributed by atoms with Crippen LogP contribution in [-0.4, -0.2) is 17.0 Å². The van der Waals surface area contributed by atoms with Crippen molar-refractivity contribution in [3.8, 4) is 5.88 Å². The zero-order valence-electron chi connectivity index (χ0n) is 8.86. The summed E-state index contributed by atoms with van der Waals surface area (Å²) in [7, 11) is 0. The van der Waals surface area contributed by atoms with Crippen LogP contribution in [0.4, 0.5) is 5.69 Å². The van der Waals surface area contributed by atoms with Crippen LogP contribution in [0.5, 0.6) is 5.88 Å². The Morgan fingerprint density at radius 2 is 2.27 bits per heavy atom. The fourth-order valence-electron chi connectivity index (χ4n) is 0.957. The van der Waals surface area contributed by atoms with Gasteiger partial charge in [0.2, 0.25) is 5.88 Å². The number of anilines is 1. The quantitative estimate of drug-likeness (QED) is 0.772. The SMILES string of the molecule is CCC(C)Oc1nc(C(N)=O)ccc1N. The molecule has 0 aliphatic rings. The molecule has 0 saturated heterocycles. The molecule has 5 nitrogen and oxygen atoms in total. The molecule has 0 aliphatic carbocycles. The Morgan fingerprint density at radius 1 is 1.60 bits per heavy atom. The van der Waals surface area contributed by atoms with Crippen molar-refractivity contribution in [3.63, 3.8) is 0 Å². The predicted octanol–water partition coefficient (Wildman–Crippen LogP) is 0.940. The van der Waals surface area contributed by atoms with E-state index in [4.69, 9.17) is 16.2 Å². The zero-order valence-corrected chi connectivity index (χ0v) is 8.86. The number of nitrogens with zero attached hydrogens (tertiary/aromatic N) is 1. The number of nitrogens with two attached hydrogens (primary N) is 2. The predicted molar refractivity (Wildman–Crippen MR) is 57.5 cm³/mol. The standard InChI is InChI=1S/C10H15N3O2/c1-3-6(2)15-10-7(11)4-5-8(13-10)9(12)14/h4-6H,3,11H2,1-2H3,(H2,12,14). The number of pyridine rings is 1. The molecule has 4 N–H and O–H groups in total. The van der Waals surface area contributed by atoms with E-state index >= 15 is 0 Å². The van der Waals surface area contributed by atoms with E-state index in [0.717, 1.165) is 6.42 Å². The van der Waals surface area contributed by atoms with Crippen LogP contribution < -0.4 is 16.2 Å². The highest BCUT2D eigenvalue weighted by molar-refractivity contribution is 5.91. The molecule has 15 heavy (non-hydrogen) atoms. The summed E-state index contributed by atoms with van der Waals surface area (Å²) < 4.78 is 5.44. The number of hydrogen-bond acceptors (Lipinski definition) is 4. The summed E-state index contributed by atoms with van der Waals surface area (Å²) >= 11 is 0. The van der Waals surface area contributed by atoms with Crippen LogP contribution in [0.2, 0.25) is 0 Å². The first-order valence-electron chi connectivity index (χ1n) is 4.77. The molecule has 1 unspecified atom stereocenters. The lowest BCUT2D eigenvalue weighted by Gasteiger charge is -2.13. The molecule has 1 aromatic rings. The molecular weight excluding hydrogens is 194 g/mol. The zero-order chi connectivity index (χ0) is 11.4. The third-order valence-corrected chi connectivity index (χ3v) is 2.03. The molecule has 0 bridgehead atoms. The number of rotatable bonds is 4. The summed E-state index contributed by atoms with van der Waals surface area (Å²) in [6, 6.07) is 3.03. The van der Waals surface area contributed by atoms with Gasteiger partial charge < -0.3 is 16.2 Å². The van der Waals surface area contributed by atoms with Gasteiger partial charge in [-0.05, 0) is 25.5 Å². The van der Waals surface area contributed by atoms with Crippen molar-refractivity contribution in [2.75, 3.05) is 5.73 Å². The first-order chi connectivity index (χ1) is 7.04. The maximum Gasteiger partial charge on any atom is 0.267 e. The second-order valence-electron chi connectivity index (χ2n) is 3.29. The number of carbonyl (C=O) groups is 1. The molecule has 0 aliphatic heterocycles. The van der Waals surface area contributed by atoms with Gasteiger partial charge in [0.05, 0.1) is 11.8 Å². The minimum absolute atomic E-state index is 0.00271. The van der Waals surface area contributed by atoms with Gasteiger partial charge in [-0.2, -0.15) is 0 Å². The Kier molecular flexibility index (Phi) is 3.49. The van der Waals surface area contributed by atoms with Crippen LogP contribution in [0.3, 0.4) is 0 Å². The lowest BCUT2D eigenvalue weighted by Crippen LogP contribution is -2.16. The van der Waals surface area contributed by atoms with Crippen LogP contribution >= 0.6 is 0 Å². The fourth-order valence-corrected chi connectivity index (χ4v) is 0.957. The maximum absolute atomic E-state index is 10.9. The van der Waals surface area contributed by atoms with Crippen LogP contribution in [0.15, 0.2) is 12.1 Å². The van der Waals surface area contributed by atoms with Gasteiger partial charge in [0.1, 0.15) is 5.69 Å². The Labute approximate surface area is 88.4 Å². The molecule has 1 atom stereocenters. The smallest absolute Gasteiger partial charge is 0.267 e. The van der Waals surface area contributed by atoms with E-state index in [1.54, 1.807) is 6.07 Å². The van der Waals surface area contributed by atoms with Crippen LogP contribution in [0, 0.1) is 0 Å². The van der Waals surface area contributed by atoms with Crippen LogP contribution in [-0.2, 0) is 0 Å². The number of hydrogen-bond donors (Lipinski definition) is 2. The van der Waals surface area contributed by atoms with Gasteiger partial charge in [0.15, 0.2) is 0 Å². The first-order valence-corrected chi connectivity index (χ1v) is 4.77. The van der Waals surface area contributed by atoms with Crippen molar-refractivity contribution >= 4 is 11.6 Å². The van der Waals surface area contributed by atoms with Crippen molar-refractivity contribution in [1.82, 2.24) is 4.98 Å². The molecule has 1 aromatic heterocycles. The Morgan fingerprint density at radius 3 is 2.80 bits per heavy atom. The third kappa shape index (κ3) is 2.83. The van der Waals surface area contributed by atoms with E-state index in [9.17, 15) is 4.79 Å². The molecule has 1 heterocycles. The molecule has 5 heteroatoms. The minimum Gasteiger partial charge on any atom is -0.473 e. The van der Waals surface area contributed by atoms with Gasteiger partial charge >= 0.3 is 0 Å². The van der Waals surface area contributed by atoms with E-state index in [0.29, 0.717) is 5.69 Å². The largest absolute Gasteiger partial charge is 0.473 e. The van der Waals surface area contributed by atoms with Crippen molar-refractivity contribution < 1.29 is 9.53 Å². The molecule has 1 rings (SSSR count). The summed E-state index contributed by atoms with van der Waals surface area (Å²) in [4.78, 5) is 14.8. The van der Waals surface area contributed by atoms with Crippen molar-refractivity contribution in [2.45, 2.75) is 26.4 Å². The first kappa shape index (κ1) is 11.3. The van der Waals surface area contributed by atoms with Crippen molar-refractivity contribution in [3.05, 3.63) is 17.8 Å². The number of nitrogen functional groups attached to an aromatic ring is 1. The number of amides is 1. The third-order valence-electron chi connectivity index (χ3n) is 2.03. The summed E-state index contributed by atoms with van der Waals surface area (Å²) in [5, 5.41) is 0. The van der Waals surface area contributed by atoms with E-state index in [-0.39, 0.29) is 17.7 Å². The van der Waals surface area contributed by atoms with Crippen molar-refractivity contribution in [2.24, 2.45) is 5.73 Å². The molecule has 82 valence electrons. The Hall–Kier alpha value is -1.78. The monoisotopic (exact) mass is 209 g/mol. The number of ether oxygens (including phenoxy) is 1. The molecule has 0 spiro atoms. The highest BCUT2D eigenvalue weighted by Gasteiger charge is 2.10.